The molecular weight excluding hydrogens is 220 g/mol. The maximum Gasteiger partial charge on any atom is 0.248 e. The maximum atomic E-state index is 11.6. The van der Waals surface area contributed by atoms with Crippen LogP contribution in [0.4, 0.5) is 5.95 Å². The van der Waals surface area contributed by atoms with Crippen LogP contribution in [0.15, 0.2) is 24.3 Å². The molecule has 1 amide bonds. The van der Waals surface area contributed by atoms with Gasteiger partial charge in [-0.25, -0.2) is 0 Å². The fourth-order valence-electron chi connectivity index (χ4n) is 1.37. The third-order valence-corrected chi connectivity index (χ3v) is 2.15. The number of aryl methyl sites for hydroxylation is 1. The van der Waals surface area contributed by atoms with Gasteiger partial charge in [0.1, 0.15) is 11.6 Å². The van der Waals surface area contributed by atoms with Crippen molar-refractivity contribution < 1.29 is 9.90 Å². The largest absolute Gasteiger partial charge is 0.508 e. The summed E-state index contributed by atoms with van der Waals surface area (Å²) < 4.78 is 0. The van der Waals surface area contributed by atoms with Gasteiger partial charge in [-0.3, -0.25) is 15.2 Å². The number of nitrogens with one attached hydrogen (secondary N) is 2. The van der Waals surface area contributed by atoms with Crippen LogP contribution in [0, 0.1) is 6.92 Å². The number of phenols is 1. The van der Waals surface area contributed by atoms with Crippen molar-refractivity contribution in [2.45, 2.75) is 13.3 Å². The molecule has 0 saturated carbocycles. The first-order valence-corrected chi connectivity index (χ1v) is 5.10. The zero-order valence-corrected chi connectivity index (χ0v) is 9.27. The number of anilines is 1. The quantitative estimate of drug-likeness (QED) is 0.736. The summed E-state index contributed by atoms with van der Waals surface area (Å²) in [7, 11) is 0. The zero-order chi connectivity index (χ0) is 12.3. The number of amides is 1. The number of rotatable bonds is 3. The van der Waals surface area contributed by atoms with Crippen molar-refractivity contribution >= 4 is 11.9 Å². The molecule has 1 aromatic carbocycles. The Labute approximate surface area is 97.7 Å². The Morgan fingerprint density at radius 1 is 1.41 bits per heavy atom. The Bertz CT molecular complexity index is 519. The molecule has 0 aliphatic carbocycles. The Balaban J connectivity index is 1.95. The van der Waals surface area contributed by atoms with Crippen LogP contribution in [0.2, 0.25) is 0 Å². The smallest absolute Gasteiger partial charge is 0.248 e. The summed E-state index contributed by atoms with van der Waals surface area (Å²) in [5.74, 6) is 0.893. The van der Waals surface area contributed by atoms with Gasteiger partial charge in [-0.15, -0.1) is 5.10 Å². The molecule has 17 heavy (non-hydrogen) atoms. The summed E-state index contributed by atoms with van der Waals surface area (Å²) in [6.45, 7) is 1.75. The van der Waals surface area contributed by atoms with Gasteiger partial charge in [0.25, 0.3) is 0 Å². The molecule has 0 unspecified atom stereocenters. The normalized spacial score (nSPS) is 10.2. The molecule has 3 N–H and O–H groups in total. The molecule has 6 nitrogen and oxygen atoms in total. The number of carbonyl (C=O) groups is 1. The predicted molar refractivity (Wildman–Crippen MR) is 61.6 cm³/mol. The number of phenolic OH excluding ortho intramolecular Hbond substituents is 1. The molecule has 0 saturated heterocycles. The minimum Gasteiger partial charge on any atom is -0.508 e. The van der Waals surface area contributed by atoms with Crippen LogP contribution >= 0.6 is 0 Å². The van der Waals surface area contributed by atoms with Gasteiger partial charge in [0.15, 0.2) is 0 Å². The maximum absolute atomic E-state index is 11.6. The van der Waals surface area contributed by atoms with Crippen LogP contribution < -0.4 is 5.32 Å². The molecule has 2 aromatic rings. The summed E-state index contributed by atoms with van der Waals surface area (Å²) in [4.78, 5) is 15.6. The number of aromatic nitrogens is 3. The molecule has 0 radical (unpaired) electrons. The van der Waals surface area contributed by atoms with E-state index in [0.29, 0.717) is 5.82 Å². The third-order valence-electron chi connectivity index (χ3n) is 2.15. The average Bonchev–Trinajstić information content (AvgIpc) is 2.67. The first kappa shape index (κ1) is 11.1. The van der Waals surface area contributed by atoms with Crippen LogP contribution in [0.3, 0.4) is 0 Å². The molecule has 1 aromatic heterocycles. The monoisotopic (exact) mass is 232 g/mol. The Hall–Kier alpha value is -2.37. The molecule has 0 aliphatic heterocycles. The lowest BCUT2D eigenvalue weighted by molar-refractivity contribution is -0.115. The van der Waals surface area contributed by atoms with E-state index in [4.69, 9.17) is 5.11 Å². The second-order valence-corrected chi connectivity index (χ2v) is 3.64. The summed E-state index contributed by atoms with van der Waals surface area (Å²) in [5.41, 5.74) is 0.813. The van der Waals surface area contributed by atoms with Crippen LogP contribution in [-0.4, -0.2) is 26.2 Å². The summed E-state index contributed by atoms with van der Waals surface area (Å²) in [6.07, 6.45) is 0.216. The van der Waals surface area contributed by atoms with Crippen LogP contribution in [-0.2, 0) is 11.2 Å². The lowest BCUT2D eigenvalue weighted by Crippen LogP contribution is -2.15. The van der Waals surface area contributed by atoms with Crippen molar-refractivity contribution in [3.8, 4) is 5.75 Å². The van der Waals surface area contributed by atoms with Gasteiger partial charge >= 0.3 is 0 Å². The molecule has 0 fully saturated rings. The summed E-state index contributed by atoms with van der Waals surface area (Å²) >= 11 is 0. The van der Waals surface area contributed by atoms with Crippen LogP contribution in [0.5, 0.6) is 5.75 Å². The Kier molecular flexibility index (Phi) is 3.04. The van der Waals surface area contributed by atoms with E-state index < -0.39 is 0 Å². The first-order valence-electron chi connectivity index (χ1n) is 5.10. The van der Waals surface area contributed by atoms with E-state index in [1.807, 2.05) is 0 Å². The van der Waals surface area contributed by atoms with Crippen molar-refractivity contribution in [2.75, 3.05) is 5.32 Å². The van der Waals surface area contributed by atoms with Gasteiger partial charge in [-0.2, -0.15) is 4.98 Å². The number of carbonyl (C=O) groups excluding carboxylic acids is 1. The summed E-state index contributed by atoms with van der Waals surface area (Å²) in [6, 6.07) is 6.47. The molecule has 0 atom stereocenters. The zero-order valence-electron chi connectivity index (χ0n) is 9.27. The first-order chi connectivity index (χ1) is 8.13. The summed E-state index contributed by atoms with van der Waals surface area (Å²) in [5, 5.41) is 18.1. The lowest BCUT2D eigenvalue weighted by Gasteiger charge is -2.01. The lowest BCUT2D eigenvalue weighted by atomic mass is 10.1. The number of hydrogen-bond donors (Lipinski definition) is 3. The van der Waals surface area contributed by atoms with E-state index in [0.717, 1.165) is 5.56 Å². The van der Waals surface area contributed by atoms with Gasteiger partial charge < -0.3 is 5.11 Å². The predicted octanol–water partition coefficient (Wildman–Crippen LogP) is 1.000. The number of nitrogens with zero attached hydrogens (tertiary/aromatic N) is 2. The second-order valence-electron chi connectivity index (χ2n) is 3.64. The highest BCUT2D eigenvalue weighted by Crippen LogP contribution is 2.10. The molecule has 0 aliphatic rings. The van der Waals surface area contributed by atoms with Crippen LogP contribution in [0.25, 0.3) is 0 Å². The molecule has 0 bridgehead atoms. The van der Waals surface area contributed by atoms with Crippen molar-refractivity contribution in [1.82, 2.24) is 15.2 Å². The molecule has 6 heteroatoms. The van der Waals surface area contributed by atoms with Crippen molar-refractivity contribution in [3.63, 3.8) is 0 Å². The molecule has 2 rings (SSSR count). The minimum atomic E-state index is -0.199. The van der Waals surface area contributed by atoms with Crippen molar-refractivity contribution in [1.29, 1.82) is 0 Å². The van der Waals surface area contributed by atoms with E-state index in [9.17, 15) is 4.79 Å². The standard InChI is InChI=1S/C11H12N4O2/c1-7-12-11(15-14-7)13-10(17)6-8-2-4-9(16)5-3-8/h2-5,16H,6H2,1H3,(H2,12,13,14,15,17). The number of H-pyrrole nitrogens is 1. The highest BCUT2D eigenvalue weighted by atomic mass is 16.3. The molecule has 88 valence electrons. The highest BCUT2D eigenvalue weighted by molar-refractivity contribution is 5.90. The molecule has 0 spiro atoms. The van der Waals surface area contributed by atoms with Gasteiger partial charge in [-0.05, 0) is 24.6 Å². The van der Waals surface area contributed by atoms with Crippen molar-refractivity contribution in [3.05, 3.63) is 35.7 Å². The van der Waals surface area contributed by atoms with Crippen LogP contribution in [0.1, 0.15) is 11.4 Å². The SMILES string of the molecule is Cc1nc(NC(=O)Cc2ccc(O)cc2)n[nH]1. The topological polar surface area (TPSA) is 90.9 Å². The van der Waals surface area contributed by atoms with Gasteiger partial charge in [0, 0.05) is 0 Å². The van der Waals surface area contributed by atoms with Gasteiger partial charge in [0.05, 0.1) is 6.42 Å². The molecular formula is C11H12N4O2. The fraction of sp³-hybridized carbons (Fsp3) is 0.182. The Morgan fingerprint density at radius 2 is 2.12 bits per heavy atom. The number of aromatic amines is 1. The number of hydrogen-bond acceptors (Lipinski definition) is 4. The van der Waals surface area contributed by atoms with Gasteiger partial charge in [-0.1, -0.05) is 12.1 Å². The third kappa shape index (κ3) is 3.04. The molecule has 1 heterocycles. The van der Waals surface area contributed by atoms with Gasteiger partial charge in [0.2, 0.25) is 11.9 Å². The minimum absolute atomic E-state index is 0.179. The van der Waals surface area contributed by atoms with E-state index in [1.54, 1.807) is 31.2 Å². The fourth-order valence-corrected chi connectivity index (χ4v) is 1.37. The Morgan fingerprint density at radius 3 is 2.71 bits per heavy atom. The van der Waals surface area contributed by atoms with E-state index in [-0.39, 0.29) is 24.0 Å². The van der Waals surface area contributed by atoms with E-state index in [1.165, 1.54) is 0 Å². The highest BCUT2D eigenvalue weighted by Gasteiger charge is 2.07. The number of aromatic hydroxyl groups is 1. The number of benzene rings is 1. The average molecular weight is 232 g/mol. The van der Waals surface area contributed by atoms with E-state index in [2.05, 4.69) is 20.5 Å². The van der Waals surface area contributed by atoms with Crippen molar-refractivity contribution in [2.24, 2.45) is 0 Å². The van der Waals surface area contributed by atoms with E-state index >= 15 is 0 Å². The second kappa shape index (κ2) is 4.65.